The number of nitrogens with zero attached hydrogens (tertiary/aromatic N) is 3. The van der Waals surface area contributed by atoms with Gasteiger partial charge in [-0.1, -0.05) is 11.2 Å². The molecule has 1 fully saturated rings. The van der Waals surface area contributed by atoms with Crippen molar-refractivity contribution in [2.75, 3.05) is 32.7 Å². The molecule has 1 N–H and O–H groups in total. The number of hydrogen-bond donors (Lipinski definition) is 1. The van der Waals surface area contributed by atoms with Gasteiger partial charge in [-0.25, -0.2) is 8.78 Å². The minimum Gasteiger partial charge on any atom is -0.387 e. The molecule has 5 nitrogen and oxygen atoms in total. The maximum absolute atomic E-state index is 13.7. The summed E-state index contributed by atoms with van der Waals surface area (Å²) in [4.78, 5) is 4.24. The number of aromatic nitrogens is 1. The van der Waals surface area contributed by atoms with Crippen LogP contribution in [0.3, 0.4) is 0 Å². The molecule has 0 aliphatic carbocycles. The minimum atomic E-state index is -1.17. The molecule has 1 aromatic heterocycles. The van der Waals surface area contributed by atoms with Crippen molar-refractivity contribution in [3.63, 3.8) is 0 Å². The van der Waals surface area contributed by atoms with Gasteiger partial charge in [-0.2, -0.15) is 0 Å². The van der Waals surface area contributed by atoms with Gasteiger partial charge in [0.15, 0.2) is 5.76 Å². The van der Waals surface area contributed by atoms with E-state index in [9.17, 15) is 13.9 Å². The Morgan fingerprint density at radius 3 is 2.38 bits per heavy atom. The normalized spacial score (nSPS) is 18.0. The summed E-state index contributed by atoms with van der Waals surface area (Å²) in [7, 11) is 0. The van der Waals surface area contributed by atoms with E-state index < -0.39 is 17.7 Å². The summed E-state index contributed by atoms with van der Waals surface area (Å²) < 4.78 is 32.7. The molecule has 1 saturated heterocycles. The van der Waals surface area contributed by atoms with E-state index in [0.29, 0.717) is 6.54 Å². The van der Waals surface area contributed by atoms with Crippen LogP contribution >= 0.6 is 0 Å². The summed E-state index contributed by atoms with van der Waals surface area (Å²) in [6.45, 7) is 5.83. The van der Waals surface area contributed by atoms with Gasteiger partial charge in [0.05, 0.1) is 23.9 Å². The molecule has 0 amide bonds. The topological polar surface area (TPSA) is 52.7 Å². The highest BCUT2D eigenvalue weighted by atomic mass is 19.1. The summed E-state index contributed by atoms with van der Waals surface area (Å²) in [6.07, 6.45) is -1.17. The first-order valence-corrected chi connectivity index (χ1v) is 8.02. The molecular formula is C17H21F2N3O2. The van der Waals surface area contributed by atoms with Crippen molar-refractivity contribution < 1.29 is 18.4 Å². The second-order valence-electron chi connectivity index (χ2n) is 6.16. The third-order valence-corrected chi connectivity index (χ3v) is 4.29. The first-order chi connectivity index (χ1) is 11.5. The van der Waals surface area contributed by atoms with Gasteiger partial charge < -0.3 is 9.63 Å². The van der Waals surface area contributed by atoms with Crippen LogP contribution in [0.2, 0.25) is 0 Å². The summed E-state index contributed by atoms with van der Waals surface area (Å²) in [5, 5.41) is 14.1. The Morgan fingerprint density at radius 2 is 1.79 bits per heavy atom. The Labute approximate surface area is 139 Å². The van der Waals surface area contributed by atoms with Gasteiger partial charge in [0, 0.05) is 38.8 Å². The van der Waals surface area contributed by atoms with E-state index in [4.69, 9.17) is 4.52 Å². The lowest BCUT2D eigenvalue weighted by Gasteiger charge is -2.35. The van der Waals surface area contributed by atoms with E-state index in [0.717, 1.165) is 37.6 Å². The fourth-order valence-corrected chi connectivity index (χ4v) is 3.01. The van der Waals surface area contributed by atoms with Gasteiger partial charge in [-0.3, -0.25) is 9.80 Å². The smallest absolute Gasteiger partial charge is 0.150 e. The van der Waals surface area contributed by atoms with Crippen LogP contribution in [0.1, 0.15) is 23.1 Å². The Kier molecular flexibility index (Phi) is 5.23. The Morgan fingerprint density at radius 1 is 1.17 bits per heavy atom. The van der Waals surface area contributed by atoms with E-state index in [-0.39, 0.29) is 12.1 Å². The number of aryl methyl sites for hydroxylation is 1. The third-order valence-electron chi connectivity index (χ3n) is 4.29. The Bertz CT molecular complexity index is 664. The van der Waals surface area contributed by atoms with Crippen LogP contribution in [0.15, 0.2) is 28.8 Å². The molecular weight excluding hydrogens is 316 g/mol. The molecule has 1 atom stereocenters. The van der Waals surface area contributed by atoms with Crippen LogP contribution in [0.4, 0.5) is 8.78 Å². The van der Waals surface area contributed by atoms with Crippen molar-refractivity contribution in [1.29, 1.82) is 0 Å². The lowest BCUT2D eigenvalue weighted by Crippen LogP contribution is -2.47. The maximum atomic E-state index is 13.7. The van der Waals surface area contributed by atoms with Crippen LogP contribution < -0.4 is 0 Å². The van der Waals surface area contributed by atoms with Gasteiger partial charge in [0.25, 0.3) is 0 Å². The van der Waals surface area contributed by atoms with Crippen LogP contribution in [-0.2, 0) is 6.54 Å². The first kappa shape index (κ1) is 17.0. The van der Waals surface area contributed by atoms with Gasteiger partial charge in [0.2, 0.25) is 0 Å². The average Bonchev–Trinajstić information content (AvgIpc) is 2.94. The lowest BCUT2D eigenvalue weighted by atomic mass is 10.1. The summed E-state index contributed by atoms with van der Waals surface area (Å²) >= 11 is 0. The third kappa shape index (κ3) is 3.98. The summed E-state index contributed by atoms with van der Waals surface area (Å²) in [5.41, 5.74) is 0.607. The molecule has 0 saturated carbocycles. The van der Waals surface area contributed by atoms with Crippen molar-refractivity contribution >= 4 is 0 Å². The Hall–Kier alpha value is -1.83. The number of β-amino-alcohol motifs (C(OH)–C–C–N with tert-alkyl or cyclic N) is 1. The molecule has 0 bridgehead atoms. The quantitative estimate of drug-likeness (QED) is 0.906. The van der Waals surface area contributed by atoms with E-state index in [1.807, 2.05) is 17.9 Å². The van der Waals surface area contributed by atoms with Crippen LogP contribution in [0.5, 0.6) is 0 Å². The van der Waals surface area contributed by atoms with Crippen LogP contribution in [0.25, 0.3) is 0 Å². The zero-order valence-corrected chi connectivity index (χ0v) is 13.6. The van der Waals surface area contributed by atoms with E-state index >= 15 is 0 Å². The number of aliphatic hydroxyl groups is 1. The van der Waals surface area contributed by atoms with Crippen molar-refractivity contribution in [1.82, 2.24) is 15.0 Å². The van der Waals surface area contributed by atoms with Crippen molar-refractivity contribution in [3.05, 3.63) is 52.9 Å². The number of halogens is 2. The minimum absolute atomic E-state index is 0.215. The number of hydrogen-bond acceptors (Lipinski definition) is 5. The first-order valence-electron chi connectivity index (χ1n) is 8.02. The summed E-state index contributed by atoms with van der Waals surface area (Å²) in [6, 6.07) is 5.54. The monoisotopic (exact) mass is 337 g/mol. The average molecular weight is 337 g/mol. The molecule has 2 heterocycles. The largest absolute Gasteiger partial charge is 0.387 e. The van der Waals surface area contributed by atoms with Gasteiger partial charge in [0.1, 0.15) is 11.6 Å². The molecule has 1 unspecified atom stereocenters. The molecule has 1 aliphatic rings. The van der Waals surface area contributed by atoms with Gasteiger partial charge in [-0.05, 0) is 19.1 Å². The molecule has 7 heteroatoms. The number of rotatable bonds is 5. The highest BCUT2D eigenvalue weighted by molar-refractivity contribution is 5.22. The molecule has 1 aliphatic heterocycles. The van der Waals surface area contributed by atoms with Crippen molar-refractivity contribution in [3.8, 4) is 0 Å². The highest BCUT2D eigenvalue weighted by Crippen LogP contribution is 2.22. The second kappa shape index (κ2) is 7.38. The zero-order valence-electron chi connectivity index (χ0n) is 13.6. The summed E-state index contributed by atoms with van der Waals surface area (Å²) in [5.74, 6) is -0.585. The van der Waals surface area contributed by atoms with Gasteiger partial charge >= 0.3 is 0 Å². The standard InChI is InChI=1S/C17H21F2N3O2/c1-12-9-13(24-20-12)10-21-5-7-22(8-6-21)11-16(23)17-14(18)3-2-4-15(17)19/h2-4,9,16,23H,5-8,10-11H2,1H3. The number of aliphatic hydroxyl groups excluding tert-OH is 1. The molecule has 2 aromatic rings. The number of piperazine rings is 1. The molecule has 1 aromatic carbocycles. The second-order valence-corrected chi connectivity index (χ2v) is 6.16. The molecule has 0 spiro atoms. The van der Waals surface area contributed by atoms with E-state index in [2.05, 4.69) is 10.1 Å². The highest BCUT2D eigenvalue weighted by Gasteiger charge is 2.24. The SMILES string of the molecule is Cc1cc(CN2CCN(CC(O)c3c(F)cccc3F)CC2)on1. The fraction of sp³-hybridized carbons (Fsp3) is 0.471. The molecule has 24 heavy (non-hydrogen) atoms. The van der Waals surface area contributed by atoms with Crippen LogP contribution in [0, 0.1) is 18.6 Å². The van der Waals surface area contributed by atoms with E-state index in [1.54, 1.807) is 0 Å². The zero-order chi connectivity index (χ0) is 17.1. The van der Waals surface area contributed by atoms with Crippen molar-refractivity contribution in [2.45, 2.75) is 19.6 Å². The van der Waals surface area contributed by atoms with E-state index in [1.165, 1.54) is 18.2 Å². The molecule has 3 rings (SSSR count). The fourth-order valence-electron chi connectivity index (χ4n) is 3.01. The predicted octanol–water partition coefficient (Wildman–Crippen LogP) is 2.11. The van der Waals surface area contributed by atoms with Gasteiger partial charge in [-0.15, -0.1) is 0 Å². The lowest BCUT2D eigenvalue weighted by molar-refractivity contribution is 0.0639. The predicted molar refractivity (Wildman–Crippen MR) is 84.3 cm³/mol. The van der Waals surface area contributed by atoms with Crippen molar-refractivity contribution in [2.24, 2.45) is 0 Å². The molecule has 130 valence electrons. The molecule has 0 radical (unpaired) electrons. The van der Waals surface area contributed by atoms with Crippen LogP contribution in [-0.4, -0.2) is 52.8 Å². The number of benzene rings is 1. The maximum Gasteiger partial charge on any atom is 0.150 e. The Balaban J connectivity index is 1.52.